The number of aromatic nitrogens is 3. The number of hydrogen-bond acceptors (Lipinski definition) is 5. The summed E-state index contributed by atoms with van der Waals surface area (Å²) in [4.78, 5) is 35.7. The van der Waals surface area contributed by atoms with Gasteiger partial charge < -0.3 is 14.2 Å². The number of rotatable bonds is 7. The molecule has 0 N–H and O–H groups in total. The van der Waals surface area contributed by atoms with Gasteiger partial charge in [-0.1, -0.05) is 0 Å². The first-order chi connectivity index (χ1) is 12.0. The fourth-order valence-corrected chi connectivity index (χ4v) is 2.49. The molecule has 2 aromatic rings. The van der Waals surface area contributed by atoms with E-state index in [0.29, 0.717) is 31.0 Å². The maximum absolute atomic E-state index is 12.8. The number of hydrogen-bond donors (Lipinski definition) is 0. The molecule has 2 aromatic heterocycles. The summed E-state index contributed by atoms with van der Waals surface area (Å²) in [6.07, 6.45) is 4.98. The van der Waals surface area contributed by atoms with Crippen molar-refractivity contribution in [3.8, 4) is 0 Å². The van der Waals surface area contributed by atoms with Gasteiger partial charge in [-0.3, -0.25) is 19.6 Å². The van der Waals surface area contributed by atoms with E-state index in [2.05, 4.69) is 9.97 Å². The van der Waals surface area contributed by atoms with Gasteiger partial charge in [-0.05, 0) is 32.4 Å². The SMILES string of the molecule is CCN(CCOC)C(=O)c1c(C)ccn(Cc2cnc(C)cn2)c1=O. The summed E-state index contributed by atoms with van der Waals surface area (Å²) in [5.74, 6) is -0.272. The lowest BCUT2D eigenvalue weighted by Crippen LogP contribution is -2.39. The molecular formula is C18H24N4O3. The Balaban J connectivity index is 2.34. The molecule has 0 saturated carbocycles. The van der Waals surface area contributed by atoms with Gasteiger partial charge in [0.15, 0.2) is 0 Å². The first-order valence-electron chi connectivity index (χ1n) is 8.23. The largest absolute Gasteiger partial charge is 0.383 e. The van der Waals surface area contributed by atoms with E-state index in [9.17, 15) is 9.59 Å². The normalized spacial score (nSPS) is 10.7. The van der Waals surface area contributed by atoms with Crippen molar-refractivity contribution >= 4 is 5.91 Å². The molecule has 2 heterocycles. The van der Waals surface area contributed by atoms with Gasteiger partial charge in [0.25, 0.3) is 11.5 Å². The average molecular weight is 344 g/mol. The highest BCUT2D eigenvalue weighted by Crippen LogP contribution is 2.08. The zero-order valence-corrected chi connectivity index (χ0v) is 15.2. The van der Waals surface area contributed by atoms with Crippen molar-refractivity contribution in [3.05, 3.63) is 57.5 Å². The Labute approximate surface area is 147 Å². The van der Waals surface area contributed by atoms with Gasteiger partial charge in [-0.25, -0.2) is 0 Å². The van der Waals surface area contributed by atoms with Gasteiger partial charge >= 0.3 is 0 Å². The van der Waals surface area contributed by atoms with Crippen LogP contribution in [0.2, 0.25) is 0 Å². The van der Waals surface area contributed by atoms with E-state index in [4.69, 9.17) is 4.74 Å². The lowest BCUT2D eigenvalue weighted by Gasteiger charge is -2.21. The van der Waals surface area contributed by atoms with Gasteiger partial charge in [0.05, 0.1) is 30.7 Å². The third kappa shape index (κ3) is 4.51. The fraction of sp³-hybridized carbons (Fsp3) is 0.444. The van der Waals surface area contributed by atoms with E-state index in [1.165, 1.54) is 4.57 Å². The van der Waals surface area contributed by atoms with Crippen LogP contribution in [0.4, 0.5) is 0 Å². The zero-order valence-electron chi connectivity index (χ0n) is 15.2. The van der Waals surface area contributed by atoms with Crippen LogP contribution in [0.1, 0.15) is 34.2 Å². The van der Waals surface area contributed by atoms with Crippen LogP contribution in [0.15, 0.2) is 29.5 Å². The van der Waals surface area contributed by atoms with Crippen LogP contribution in [0.3, 0.4) is 0 Å². The Morgan fingerprint density at radius 1 is 1.28 bits per heavy atom. The molecule has 7 heteroatoms. The van der Waals surface area contributed by atoms with Crippen molar-refractivity contribution in [3.63, 3.8) is 0 Å². The minimum atomic E-state index is -0.316. The molecule has 0 saturated heterocycles. The Morgan fingerprint density at radius 2 is 2.04 bits per heavy atom. The van der Waals surface area contributed by atoms with Crippen LogP contribution < -0.4 is 5.56 Å². The Hall–Kier alpha value is -2.54. The summed E-state index contributed by atoms with van der Waals surface area (Å²) in [5, 5.41) is 0. The predicted molar refractivity (Wildman–Crippen MR) is 94.8 cm³/mol. The standard InChI is InChI=1S/C18H24N4O3/c1-5-21(8-9-25-4)17(23)16-13(2)6-7-22(18(16)24)12-15-11-19-14(3)10-20-15/h6-7,10-11H,5,8-9,12H2,1-4H3. The van der Waals surface area contributed by atoms with E-state index in [-0.39, 0.29) is 23.6 Å². The number of nitrogens with zero attached hydrogens (tertiary/aromatic N) is 4. The topological polar surface area (TPSA) is 77.3 Å². The Kier molecular flexibility index (Phi) is 6.41. The molecule has 0 bridgehead atoms. The molecular weight excluding hydrogens is 320 g/mol. The molecule has 0 atom stereocenters. The molecule has 134 valence electrons. The highest BCUT2D eigenvalue weighted by molar-refractivity contribution is 5.95. The van der Waals surface area contributed by atoms with Crippen molar-refractivity contribution < 1.29 is 9.53 Å². The summed E-state index contributed by atoms with van der Waals surface area (Å²) in [5.41, 5.74) is 2.02. The third-order valence-corrected chi connectivity index (χ3v) is 3.99. The highest BCUT2D eigenvalue weighted by Gasteiger charge is 2.21. The highest BCUT2D eigenvalue weighted by atomic mass is 16.5. The van der Waals surface area contributed by atoms with Crippen molar-refractivity contribution in [2.45, 2.75) is 27.3 Å². The number of likely N-dealkylation sites (N-methyl/N-ethyl adjacent to an activating group) is 1. The number of carbonyl (C=O) groups is 1. The van der Waals surface area contributed by atoms with Gasteiger partial charge in [0.1, 0.15) is 5.56 Å². The molecule has 0 aromatic carbocycles. The lowest BCUT2D eigenvalue weighted by molar-refractivity contribution is 0.0703. The number of methoxy groups -OCH3 is 1. The van der Waals surface area contributed by atoms with Crippen LogP contribution in [-0.4, -0.2) is 52.1 Å². The number of carbonyl (C=O) groups excluding carboxylic acids is 1. The molecule has 7 nitrogen and oxygen atoms in total. The van der Waals surface area contributed by atoms with E-state index >= 15 is 0 Å². The van der Waals surface area contributed by atoms with E-state index < -0.39 is 0 Å². The number of amides is 1. The molecule has 2 rings (SSSR count). The summed E-state index contributed by atoms with van der Waals surface area (Å²) < 4.78 is 6.53. The number of pyridine rings is 1. The fourth-order valence-electron chi connectivity index (χ4n) is 2.49. The van der Waals surface area contributed by atoms with Crippen LogP contribution in [0, 0.1) is 13.8 Å². The first-order valence-corrected chi connectivity index (χ1v) is 8.23. The summed E-state index contributed by atoms with van der Waals surface area (Å²) in [7, 11) is 1.58. The molecule has 0 spiro atoms. The third-order valence-electron chi connectivity index (χ3n) is 3.99. The second kappa shape index (κ2) is 8.53. The van der Waals surface area contributed by atoms with Gasteiger partial charge in [-0.2, -0.15) is 0 Å². The smallest absolute Gasteiger partial charge is 0.264 e. The molecule has 0 unspecified atom stereocenters. The minimum absolute atomic E-state index is 0.195. The molecule has 1 amide bonds. The predicted octanol–water partition coefficient (Wildman–Crippen LogP) is 1.41. The molecule has 0 aliphatic carbocycles. The molecule has 0 aliphatic rings. The first kappa shape index (κ1) is 18.8. The quantitative estimate of drug-likeness (QED) is 0.759. The maximum Gasteiger partial charge on any atom is 0.264 e. The summed E-state index contributed by atoms with van der Waals surface area (Å²) >= 11 is 0. The molecule has 25 heavy (non-hydrogen) atoms. The van der Waals surface area contributed by atoms with Gasteiger partial charge in [-0.15, -0.1) is 0 Å². The summed E-state index contributed by atoms with van der Waals surface area (Å²) in [6, 6.07) is 1.78. The molecule has 0 fully saturated rings. The van der Waals surface area contributed by atoms with Crippen LogP contribution in [-0.2, 0) is 11.3 Å². The van der Waals surface area contributed by atoms with Crippen LogP contribution in [0.25, 0.3) is 0 Å². The minimum Gasteiger partial charge on any atom is -0.383 e. The Morgan fingerprint density at radius 3 is 2.64 bits per heavy atom. The van der Waals surface area contributed by atoms with Crippen LogP contribution in [0.5, 0.6) is 0 Å². The van der Waals surface area contributed by atoms with E-state index in [1.54, 1.807) is 43.6 Å². The van der Waals surface area contributed by atoms with Gasteiger partial charge in [0.2, 0.25) is 0 Å². The van der Waals surface area contributed by atoms with E-state index in [1.807, 2.05) is 13.8 Å². The second-order valence-electron chi connectivity index (χ2n) is 5.83. The van der Waals surface area contributed by atoms with Crippen molar-refractivity contribution in [1.82, 2.24) is 19.4 Å². The van der Waals surface area contributed by atoms with Crippen molar-refractivity contribution in [1.29, 1.82) is 0 Å². The number of ether oxygens (including phenoxy) is 1. The van der Waals surface area contributed by atoms with E-state index in [0.717, 1.165) is 5.69 Å². The second-order valence-corrected chi connectivity index (χ2v) is 5.83. The lowest BCUT2D eigenvalue weighted by atomic mass is 10.1. The van der Waals surface area contributed by atoms with Crippen molar-refractivity contribution in [2.24, 2.45) is 0 Å². The van der Waals surface area contributed by atoms with Gasteiger partial charge in [0, 0.05) is 32.6 Å². The monoisotopic (exact) mass is 344 g/mol. The van der Waals surface area contributed by atoms with Crippen molar-refractivity contribution in [2.75, 3.05) is 26.8 Å². The zero-order chi connectivity index (χ0) is 18.4. The maximum atomic E-state index is 12.8. The molecule has 0 radical (unpaired) electrons. The Bertz CT molecular complexity index is 784. The summed E-state index contributed by atoms with van der Waals surface area (Å²) in [6.45, 7) is 7.17. The molecule has 0 aliphatic heterocycles. The number of aryl methyl sites for hydroxylation is 2. The average Bonchev–Trinajstić information content (AvgIpc) is 2.60. The van der Waals surface area contributed by atoms with Crippen LogP contribution >= 0.6 is 0 Å².